The minimum atomic E-state index is -0.505. The van der Waals surface area contributed by atoms with E-state index in [2.05, 4.69) is 23.1 Å². The smallest absolute Gasteiger partial charge is 0.115 e. The molecule has 1 unspecified atom stereocenters. The highest BCUT2D eigenvalue weighted by molar-refractivity contribution is 7.99. The van der Waals surface area contributed by atoms with Crippen LogP contribution in [0.1, 0.15) is 11.1 Å². The number of nitrogens with zero attached hydrogens (tertiary/aromatic N) is 3. The van der Waals surface area contributed by atoms with E-state index in [1.54, 1.807) is 0 Å². The number of hydrogen-bond acceptors (Lipinski definition) is 6. The van der Waals surface area contributed by atoms with Crippen molar-refractivity contribution >= 4 is 11.8 Å². The van der Waals surface area contributed by atoms with Crippen LogP contribution in [0.15, 0.2) is 65.7 Å². The number of benzene rings is 2. The number of aryl methyl sites for hydroxylation is 1. The number of nitriles is 1. The lowest BCUT2D eigenvalue weighted by Gasteiger charge is -2.28. The molecule has 2 heterocycles. The molecule has 4 rings (SSSR count). The highest BCUT2D eigenvalue weighted by Gasteiger charge is 2.19. The summed E-state index contributed by atoms with van der Waals surface area (Å²) in [7, 11) is 0. The minimum absolute atomic E-state index is 0.477. The van der Waals surface area contributed by atoms with Gasteiger partial charge in [-0.1, -0.05) is 60.2 Å². The Labute approximate surface area is 193 Å². The fourth-order valence-electron chi connectivity index (χ4n) is 3.76. The Morgan fingerprint density at radius 2 is 1.81 bits per heavy atom. The summed E-state index contributed by atoms with van der Waals surface area (Å²) >= 11 is 1.45. The summed E-state index contributed by atoms with van der Waals surface area (Å²) in [5.74, 6) is 0.477. The van der Waals surface area contributed by atoms with Gasteiger partial charge in [-0.2, -0.15) is 5.26 Å². The highest BCUT2D eigenvalue weighted by atomic mass is 32.2. The number of morpholine rings is 1. The van der Waals surface area contributed by atoms with E-state index < -0.39 is 6.10 Å². The number of aliphatic hydroxyl groups is 1. The molecule has 3 aromatic rings. The Kier molecular flexibility index (Phi) is 7.56. The van der Waals surface area contributed by atoms with Gasteiger partial charge in [-0.05, 0) is 18.6 Å². The summed E-state index contributed by atoms with van der Waals surface area (Å²) in [6.45, 7) is 5.74. The molecule has 0 amide bonds. The molecular formula is C26H27N3O2S. The second-order valence-corrected chi connectivity index (χ2v) is 8.97. The zero-order valence-electron chi connectivity index (χ0n) is 18.2. The van der Waals surface area contributed by atoms with Gasteiger partial charge in [0, 0.05) is 36.5 Å². The minimum Gasteiger partial charge on any atom is -0.391 e. The lowest BCUT2D eigenvalue weighted by molar-refractivity contribution is 0.0188. The molecule has 1 aliphatic rings. The van der Waals surface area contributed by atoms with Crippen molar-refractivity contribution in [2.75, 3.05) is 38.6 Å². The van der Waals surface area contributed by atoms with Crippen LogP contribution >= 0.6 is 11.8 Å². The zero-order chi connectivity index (χ0) is 22.3. The van der Waals surface area contributed by atoms with E-state index in [0.717, 1.165) is 35.5 Å². The van der Waals surface area contributed by atoms with Gasteiger partial charge in [0.25, 0.3) is 0 Å². The van der Waals surface area contributed by atoms with Crippen molar-refractivity contribution in [2.45, 2.75) is 18.1 Å². The molecule has 2 aromatic carbocycles. The molecule has 32 heavy (non-hydrogen) atoms. The maximum absolute atomic E-state index is 10.6. The molecule has 5 nitrogen and oxygen atoms in total. The number of hydrogen-bond donors (Lipinski definition) is 1. The molecule has 1 fully saturated rings. The molecule has 1 atom stereocenters. The van der Waals surface area contributed by atoms with Crippen molar-refractivity contribution in [1.29, 1.82) is 5.26 Å². The lowest BCUT2D eigenvalue weighted by atomic mass is 9.98. The van der Waals surface area contributed by atoms with Gasteiger partial charge < -0.3 is 9.84 Å². The van der Waals surface area contributed by atoms with E-state index in [-0.39, 0.29) is 0 Å². The Bertz CT molecular complexity index is 1070. The van der Waals surface area contributed by atoms with Crippen LogP contribution in [0, 0.1) is 18.3 Å². The quantitative estimate of drug-likeness (QED) is 0.544. The third-order valence-corrected chi connectivity index (χ3v) is 6.64. The number of ether oxygens (including phenoxy) is 1. The van der Waals surface area contributed by atoms with Gasteiger partial charge in [-0.3, -0.25) is 4.90 Å². The summed E-state index contributed by atoms with van der Waals surface area (Å²) in [6, 6.07) is 22.6. The number of pyridine rings is 1. The monoisotopic (exact) mass is 445 g/mol. The fraction of sp³-hybridized carbons (Fsp3) is 0.308. The van der Waals surface area contributed by atoms with Crippen molar-refractivity contribution in [3.8, 4) is 28.5 Å². The predicted molar refractivity (Wildman–Crippen MR) is 129 cm³/mol. The first-order chi connectivity index (χ1) is 15.6. The summed E-state index contributed by atoms with van der Waals surface area (Å²) < 4.78 is 5.38. The van der Waals surface area contributed by atoms with Crippen LogP contribution in [0.4, 0.5) is 0 Å². The Hall–Kier alpha value is -2.69. The fourth-order valence-corrected chi connectivity index (χ4v) is 4.68. The summed E-state index contributed by atoms with van der Waals surface area (Å²) in [5.41, 5.74) is 5.41. The van der Waals surface area contributed by atoms with Crippen LogP contribution in [-0.4, -0.2) is 59.7 Å². The van der Waals surface area contributed by atoms with Crippen molar-refractivity contribution in [3.05, 3.63) is 71.8 Å². The van der Waals surface area contributed by atoms with Crippen molar-refractivity contribution in [3.63, 3.8) is 0 Å². The van der Waals surface area contributed by atoms with Crippen LogP contribution in [0.2, 0.25) is 0 Å². The number of thioether (sulfide) groups is 1. The molecular weight excluding hydrogens is 418 g/mol. The van der Waals surface area contributed by atoms with Gasteiger partial charge in [-0.15, -0.1) is 11.8 Å². The number of rotatable bonds is 7. The van der Waals surface area contributed by atoms with Gasteiger partial charge in [0.05, 0.1) is 30.6 Å². The van der Waals surface area contributed by atoms with E-state index in [4.69, 9.17) is 9.72 Å². The maximum atomic E-state index is 10.6. The van der Waals surface area contributed by atoms with E-state index >= 15 is 0 Å². The van der Waals surface area contributed by atoms with Crippen molar-refractivity contribution in [2.24, 2.45) is 0 Å². The predicted octanol–water partition coefficient (Wildman–Crippen LogP) is 4.38. The normalized spacial score (nSPS) is 15.3. The molecule has 1 saturated heterocycles. The third kappa shape index (κ3) is 5.56. The molecule has 0 spiro atoms. The second-order valence-electron chi connectivity index (χ2n) is 7.96. The molecule has 0 saturated carbocycles. The zero-order valence-corrected chi connectivity index (χ0v) is 19.0. The van der Waals surface area contributed by atoms with Gasteiger partial charge in [0.2, 0.25) is 0 Å². The number of β-amino-alcohol motifs (C(OH)–C–C–N with tert-alkyl or cyclic N) is 1. The largest absolute Gasteiger partial charge is 0.391 e. The van der Waals surface area contributed by atoms with Crippen LogP contribution in [-0.2, 0) is 4.74 Å². The van der Waals surface area contributed by atoms with Gasteiger partial charge in [0.15, 0.2) is 0 Å². The van der Waals surface area contributed by atoms with Crippen molar-refractivity contribution < 1.29 is 9.84 Å². The summed E-state index contributed by atoms with van der Waals surface area (Å²) in [4.78, 5) is 7.05. The first kappa shape index (κ1) is 22.5. The van der Waals surface area contributed by atoms with Crippen molar-refractivity contribution in [1.82, 2.24) is 9.88 Å². The molecule has 6 heteroatoms. The van der Waals surface area contributed by atoms with Crippen LogP contribution in [0.3, 0.4) is 0 Å². The van der Waals surface area contributed by atoms with Crippen LogP contribution in [0.25, 0.3) is 22.4 Å². The number of aliphatic hydroxyl groups excluding tert-OH is 1. The summed E-state index contributed by atoms with van der Waals surface area (Å²) in [5, 5.41) is 21.3. The molecule has 0 aliphatic carbocycles. The lowest BCUT2D eigenvalue weighted by Crippen LogP contribution is -2.41. The van der Waals surface area contributed by atoms with Gasteiger partial charge in [-0.25, -0.2) is 4.98 Å². The first-order valence-electron chi connectivity index (χ1n) is 10.8. The van der Waals surface area contributed by atoms with E-state index in [1.807, 2.05) is 55.5 Å². The van der Waals surface area contributed by atoms with Gasteiger partial charge >= 0.3 is 0 Å². The first-order valence-corrected chi connectivity index (χ1v) is 11.8. The maximum Gasteiger partial charge on any atom is 0.115 e. The second kappa shape index (κ2) is 10.8. The van der Waals surface area contributed by atoms with Crippen LogP contribution in [0.5, 0.6) is 0 Å². The van der Waals surface area contributed by atoms with Crippen LogP contribution < -0.4 is 0 Å². The Morgan fingerprint density at radius 1 is 1.09 bits per heavy atom. The molecule has 1 aliphatic heterocycles. The number of aromatic nitrogens is 1. The SMILES string of the molecule is Cc1ccc(-c2cc(-c3ccccc3)nc(SCC(O)CN3CCOCC3)c2C#N)cc1. The molecule has 1 N–H and O–H groups in total. The third-order valence-electron chi connectivity index (χ3n) is 5.52. The molecule has 0 radical (unpaired) electrons. The standard InChI is InChI=1S/C26H27N3O2S/c1-19-7-9-20(10-8-19)23-15-25(21-5-3-2-4-6-21)28-26(24(23)16-27)32-18-22(30)17-29-11-13-31-14-12-29/h2-10,15,22,30H,11-14,17-18H2,1H3. The molecule has 1 aromatic heterocycles. The van der Waals surface area contributed by atoms with E-state index in [9.17, 15) is 10.4 Å². The summed E-state index contributed by atoms with van der Waals surface area (Å²) in [6.07, 6.45) is -0.505. The highest BCUT2D eigenvalue weighted by Crippen LogP contribution is 2.34. The average molecular weight is 446 g/mol. The molecule has 0 bridgehead atoms. The van der Waals surface area contributed by atoms with Gasteiger partial charge in [0.1, 0.15) is 11.1 Å². The molecule has 164 valence electrons. The average Bonchev–Trinajstić information content (AvgIpc) is 2.84. The Balaban J connectivity index is 1.64. The van der Waals surface area contributed by atoms with E-state index in [1.165, 1.54) is 17.3 Å². The van der Waals surface area contributed by atoms with E-state index in [0.29, 0.717) is 36.1 Å². The Morgan fingerprint density at radius 3 is 2.50 bits per heavy atom. The topological polar surface area (TPSA) is 69.4 Å².